The summed E-state index contributed by atoms with van der Waals surface area (Å²) in [4.78, 5) is 13.6. The molecule has 1 aromatic rings. The lowest BCUT2D eigenvalue weighted by Gasteiger charge is -2.20. The van der Waals surface area contributed by atoms with Crippen molar-refractivity contribution in [2.45, 2.75) is 33.3 Å². The Balaban J connectivity index is 2.40. The summed E-state index contributed by atoms with van der Waals surface area (Å²) in [7, 11) is 4.05. The van der Waals surface area contributed by atoms with Crippen molar-refractivity contribution in [1.82, 2.24) is 5.32 Å². The number of aryl methyl sites for hydroxylation is 1. The van der Waals surface area contributed by atoms with Gasteiger partial charge in [-0.3, -0.25) is 0 Å². The van der Waals surface area contributed by atoms with Crippen molar-refractivity contribution in [3.05, 3.63) is 23.8 Å². The summed E-state index contributed by atoms with van der Waals surface area (Å²) in [6, 6.07) is 6.22. The molecule has 0 aliphatic carbocycles. The molecule has 0 spiro atoms. The summed E-state index contributed by atoms with van der Waals surface area (Å²) >= 11 is 0. The first-order valence-electron chi connectivity index (χ1n) is 7.18. The first kappa shape index (κ1) is 17.1. The molecule has 0 aliphatic heterocycles. The average molecular weight is 293 g/mol. The first-order valence-corrected chi connectivity index (χ1v) is 7.18. The van der Waals surface area contributed by atoms with Gasteiger partial charge in [0.25, 0.3) is 0 Å². The largest absolute Gasteiger partial charge is 0.444 e. The number of ether oxygens (including phenoxy) is 1. The lowest BCUT2D eigenvalue weighted by molar-refractivity contribution is 0.0530. The number of hydrogen-bond acceptors (Lipinski definition) is 4. The minimum absolute atomic E-state index is 0.387. The number of nitrogens with zero attached hydrogens (tertiary/aromatic N) is 1. The Kier molecular flexibility index (Phi) is 5.88. The molecule has 1 rings (SSSR count). The molecular weight excluding hydrogens is 266 g/mol. The molecule has 0 unspecified atom stereocenters. The van der Waals surface area contributed by atoms with E-state index >= 15 is 0 Å². The average Bonchev–Trinajstić information content (AvgIpc) is 2.34. The minimum Gasteiger partial charge on any atom is -0.444 e. The second-order valence-corrected chi connectivity index (χ2v) is 6.25. The highest BCUT2D eigenvalue weighted by Crippen LogP contribution is 2.22. The third kappa shape index (κ3) is 6.38. The number of hydrogen-bond donors (Lipinski definition) is 2. The van der Waals surface area contributed by atoms with Gasteiger partial charge < -0.3 is 20.3 Å². The van der Waals surface area contributed by atoms with Gasteiger partial charge in [0.2, 0.25) is 0 Å². The van der Waals surface area contributed by atoms with Crippen molar-refractivity contribution >= 4 is 17.5 Å². The molecule has 0 heterocycles. The van der Waals surface area contributed by atoms with Crippen LogP contribution >= 0.6 is 0 Å². The highest BCUT2D eigenvalue weighted by molar-refractivity contribution is 5.67. The molecule has 0 aliphatic rings. The quantitative estimate of drug-likeness (QED) is 0.820. The molecule has 0 saturated heterocycles. The van der Waals surface area contributed by atoms with Crippen LogP contribution < -0.4 is 15.5 Å². The van der Waals surface area contributed by atoms with Gasteiger partial charge in [0, 0.05) is 38.6 Å². The standard InChI is InChI=1S/C16H27N3O2/c1-12-7-8-13(11-14(12)19(5)6)17-9-10-18-15(20)21-16(2,3)4/h7-8,11,17H,9-10H2,1-6H3,(H,18,20). The Bertz CT molecular complexity index is 479. The smallest absolute Gasteiger partial charge is 0.407 e. The lowest BCUT2D eigenvalue weighted by Crippen LogP contribution is -2.35. The lowest BCUT2D eigenvalue weighted by atomic mass is 10.1. The summed E-state index contributed by atoms with van der Waals surface area (Å²) in [6.07, 6.45) is -0.387. The fourth-order valence-electron chi connectivity index (χ4n) is 1.89. The molecule has 0 atom stereocenters. The fourth-order valence-corrected chi connectivity index (χ4v) is 1.89. The predicted octanol–water partition coefficient (Wildman–Crippen LogP) is 3.00. The van der Waals surface area contributed by atoms with Gasteiger partial charge in [-0.2, -0.15) is 0 Å². The van der Waals surface area contributed by atoms with Crippen LogP contribution in [0.3, 0.4) is 0 Å². The maximum atomic E-state index is 11.5. The van der Waals surface area contributed by atoms with Gasteiger partial charge in [-0.1, -0.05) is 6.07 Å². The fraction of sp³-hybridized carbons (Fsp3) is 0.562. The summed E-state index contributed by atoms with van der Waals surface area (Å²) in [6.45, 7) is 8.79. The number of carbonyl (C=O) groups excluding carboxylic acids is 1. The van der Waals surface area contributed by atoms with Crippen LogP contribution in [0.4, 0.5) is 16.2 Å². The van der Waals surface area contributed by atoms with Crippen molar-refractivity contribution in [1.29, 1.82) is 0 Å². The molecule has 2 N–H and O–H groups in total. The molecule has 21 heavy (non-hydrogen) atoms. The van der Waals surface area contributed by atoms with Crippen LogP contribution in [0.1, 0.15) is 26.3 Å². The van der Waals surface area contributed by atoms with Gasteiger partial charge in [0.05, 0.1) is 0 Å². The monoisotopic (exact) mass is 293 g/mol. The molecule has 0 saturated carbocycles. The summed E-state index contributed by atoms with van der Waals surface area (Å²) in [5, 5.41) is 6.01. The Hall–Kier alpha value is -1.91. The third-order valence-corrected chi connectivity index (χ3v) is 2.81. The van der Waals surface area contributed by atoms with Gasteiger partial charge >= 0.3 is 6.09 Å². The summed E-state index contributed by atoms with van der Waals surface area (Å²) < 4.78 is 5.17. The third-order valence-electron chi connectivity index (χ3n) is 2.81. The number of rotatable bonds is 5. The van der Waals surface area contributed by atoms with Crippen LogP contribution in [-0.4, -0.2) is 38.9 Å². The SMILES string of the molecule is Cc1ccc(NCCNC(=O)OC(C)(C)C)cc1N(C)C. The first-order chi connectivity index (χ1) is 9.69. The Morgan fingerprint density at radius 3 is 2.48 bits per heavy atom. The second-order valence-electron chi connectivity index (χ2n) is 6.25. The summed E-state index contributed by atoms with van der Waals surface area (Å²) in [5.41, 5.74) is 2.99. The predicted molar refractivity (Wildman–Crippen MR) is 88.2 cm³/mol. The van der Waals surface area contributed by atoms with E-state index in [-0.39, 0.29) is 6.09 Å². The summed E-state index contributed by atoms with van der Waals surface area (Å²) in [5.74, 6) is 0. The van der Waals surface area contributed by atoms with Crippen LogP contribution in [0.25, 0.3) is 0 Å². The van der Waals surface area contributed by atoms with E-state index in [1.165, 1.54) is 11.3 Å². The number of anilines is 2. The topological polar surface area (TPSA) is 53.6 Å². The molecule has 5 nitrogen and oxygen atoms in total. The van der Waals surface area contributed by atoms with Crippen LogP contribution in [-0.2, 0) is 4.74 Å². The molecule has 0 fully saturated rings. The van der Waals surface area contributed by atoms with E-state index in [1.807, 2.05) is 40.9 Å². The highest BCUT2D eigenvalue weighted by atomic mass is 16.6. The van der Waals surface area contributed by atoms with E-state index in [4.69, 9.17) is 4.74 Å². The number of nitrogens with one attached hydrogen (secondary N) is 2. The number of carbonyl (C=O) groups is 1. The zero-order valence-electron chi connectivity index (χ0n) is 13.9. The van der Waals surface area contributed by atoms with Gasteiger partial charge in [-0.25, -0.2) is 4.79 Å². The molecule has 0 bridgehead atoms. The number of alkyl carbamates (subject to hydrolysis) is 1. The Labute approximate surface area is 127 Å². The van der Waals surface area contributed by atoms with Crippen molar-refractivity contribution < 1.29 is 9.53 Å². The van der Waals surface area contributed by atoms with Gasteiger partial charge in [0.15, 0.2) is 0 Å². The molecule has 1 aromatic carbocycles. The van der Waals surface area contributed by atoms with Crippen molar-refractivity contribution in [3.63, 3.8) is 0 Å². The minimum atomic E-state index is -0.463. The van der Waals surface area contributed by atoms with Crippen LogP contribution in [0.2, 0.25) is 0 Å². The maximum Gasteiger partial charge on any atom is 0.407 e. The van der Waals surface area contributed by atoms with Gasteiger partial charge in [-0.15, -0.1) is 0 Å². The Morgan fingerprint density at radius 2 is 1.90 bits per heavy atom. The normalized spacial score (nSPS) is 11.0. The van der Waals surface area contributed by atoms with Gasteiger partial charge in [-0.05, 0) is 45.4 Å². The van der Waals surface area contributed by atoms with Crippen molar-refractivity contribution in [2.24, 2.45) is 0 Å². The van der Waals surface area contributed by atoms with Crippen LogP contribution in [0.5, 0.6) is 0 Å². The van der Waals surface area contributed by atoms with E-state index in [1.54, 1.807) is 0 Å². The van der Waals surface area contributed by atoms with Crippen LogP contribution in [0.15, 0.2) is 18.2 Å². The molecule has 0 radical (unpaired) electrons. The number of benzene rings is 1. The van der Waals surface area contributed by atoms with E-state index in [9.17, 15) is 4.79 Å². The zero-order chi connectivity index (χ0) is 16.0. The molecule has 0 aromatic heterocycles. The van der Waals surface area contributed by atoms with Crippen molar-refractivity contribution in [2.75, 3.05) is 37.4 Å². The van der Waals surface area contributed by atoms with Crippen molar-refractivity contribution in [3.8, 4) is 0 Å². The van der Waals surface area contributed by atoms with E-state index in [0.717, 1.165) is 5.69 Å². The van der Waals surface area contributed by atoms with Gasteiger partial charge in [0.1, 0.15) is 5.60 Å². The van der Waals surface area contributed by atoms with Crippen LogP contribution in [0, 0.1) is 6.92 Å². The van der Waals surface area contributed by atoms with E-state index in [2.05, 4.69) is 34.6 Å². The molecule has 1 amide bonds. The Morgan fingerprint density at radius 1 is 1.24 bits per heavy atom. The number of amides is 1. The highest BCUT2D eigenvalue weighted by Gasteiger charge is 2.15. The molecular formula is C16H27N3O2. The molecule has 5 heteroatoms. The second kappa shape index (κ2) is 7.20. The molecule has 118 valence electrons. The van der Waals surface area contributed by atoms with E-state index < -0.39 is 5.60 Å². The maximum absolute atomic E-state index is 11.5. The van der Waals surface area contributed by atoms with E-state index in [0.29, 0.717) is 13.1 Å². The zero-order valence-corrected chi connectivity index (χ0v) is 13.9.